The predicted octanol–water partition coefficient (Wildman–Crippen LogP) is 3.53. The van der Waals surface area contributed by atoms with Crippen molar-refractivity contribution in [3.05, 3.63) is 121 Å². The Kier molecular flexibility index (Phi) is 6.08. The molecule has 0 saturated carbocycles. The van der Waals surface area contributed by atoms with Crippen LogP contribution in [0.25, 0.3) is 0 Å². The Labute approximate surface area is 198 Å². The van der Waals surface area contributed by atoms with Crippen molar-refractivity contribution in [2.45, 2.75) is 19.5 Å². The molecule has 1 unspecified atom stereocenters. The number of rotatable bonds is 5. The van der Waals surface area contributed by atoms with Crippen molar-refractivity contribution < 1.29 is 0 Å². The predicted molar refractivity (Wildman–Crippen MR) is 143 cm³/mol. The molecule has 0 N–H and O–H groups in total. The van der Waals surface area contributed by atoms with E-state index in [1.165, 1.54) is 32.0 Å². The van der Waals surface area contributed by atoms with Gasteiger partial charge in [-0.1, -0.05) is 115 Å². The lowest BCUT2D eigenvalue weighted by molar-refractivity contribution is 0.260. The maximum atomic E-state index is 4.95. The first-order valence-corrected chi connectivity index (χ1v) is 13.7. The molecule has 1 heterocycles. The third-order valence-electron chi connectivity index (χ3n) is 6.95. The van der Waals surface area contributed by atoms with Crippen molar-refractivity contribution >= 4 is 34.5 Å². The Morgan fingerprint density at radius 3 is 1.48 bits per heavy atom. The molecule has 0 aromatic heterocycles. The van der Waals surface area contributed by atoms with E-state index in [2.05, 4.69) is 134 Å². The molecule has 0 amide bonds. The summed E-state index contributed by atoms with van der Waals surface area (Å²) in [4.78, 5) is 7.26. The Hall–Kier alpha value is -3.27. The Balaban J connectivity index is 1.71. The second-order valence-corrected chi connectivity index (χ2v) is 12.7. The highest BCUT2D eigenvalue weighted by atomic mass is 28.3. The summed E-state index contributed by atoms with van der Waals surface area (Å²) >= 11 is 0. The first-order valence-electron chi connectivity index (χ1n) is 11.7. The van der Waals surface area contributed by atoms with Crippen LogP contribution in [0.15, 0.2) is 120 Å². The number of nitrogens with zero attached hydrogens (tertiary/aromatic N) is 2. The first-order chi connectivity index (χ1) is 16.2. The average molecular weight is 447 g/mol. The third kappa shape index (κ3) is 3.99. The highest BCUT2D eigenvalue weighted by Gasteiger charge is 2.41. The van der Waals surface area contributed by atoms with E-state index in [1.54, 1.807) is 0 Å². The number of hydrogen-bond acceptors (Lipinski definition) is 2. The fourth-order valence-corrected chi connectivity index (χ4v) is 9.80. The van der Waals surface area contributed by atoms with Crippen molar-refractivity contribution in [3.63, 3.8) is 0 Å². The summed E-state index contributed by atoms with van der Waals surface area (Å²) in [5, 5.41) is 5.61. The molecule has 0 bridgehead atoms. The second-order valence-electron chi connectivity index (χ2n) is 8.86. The van der Waals surface area contributed by atoms with Crippen LogP contribution in [0, 0.1) is 0 Å². The van der Waals surface area contributed by atoms with E-state index in [0.717, 1.165) is 13.0 Å². The molecule has 0 radical (unpaired) electrons. The molecule has 0 fully saturated rings. The molecule has 0 aliphatic carbocycles. The van der Waals surface area contributed by atoms with Gasteiger partial charge in [0.1, 0.15) is 0 Å². The fourth-order valence-electron chi connectivity index (χ4n) is 5.05. The second kappa shape index (κ2) is 9.30. The van der Waals surface area contributed by atoms with E-state index in [9.17, 15) is 0 Å². The van der Waals surface area contributed by atoms with Crippen LogP contribution in [-0.4, -0.2) is 38.4 Å². The molecule has 1 atom stereocenters. The zero-order chi connectivity index (χ0) is 22.7. The van der Waals surface area contributed by atoms with Gasteiger partial charge in [0.15, 0.2) is 8.07 Å². The SMILES string of the molecule is CC1N=C(c2ccc([Si](c3ccccc3)(c3ccccc3)c3ccccc3)cc2)CCN1C. The van der Waals surface area contributed by atoms with Gasteiger partial charge in [-0.2, -0.15) is 0 Å². The van der Waals surface area contributed by atoms with Crippen molar-refractivity contribution in [3.8, 4) is 0 Å². The lowest BCUT2D eigenvalue weighted by Gasteiger charge is -2.34. The number of benzene rings is 4. The van der Waals surface area contributed by atoms with Crippen molar-refractivity contribution in [2.24, 2.45) is 4.99 Å². The average Bonchev–Trinajstić information content (AvgIpc) is 2.89. The minimum atomic E-state index is -2.44. The fraction of sp³-hybridized carbons (Fsp3) is 0.167. The first kappa shape index (κ1) is 21.6. The van der Waals surface area contributed by atoms with Crippen LogP contribution in [0.1, 0.15) is 18.9 Å². The van der Waals surface area contributed by atoms with Gasteiger partial charge in [0.25, 0.3) is 0 Å². The summed E-state index contributed by atoms with van der Waals surface area (Å²) in [7, 11) is -0.299. The standard InChI is InChI=1S/C30H30N2Si/c1-24-31-30(22-23-32(24)2)25-18-20-29(21-19-25)33(26-12-6-3-7-13-26,27-14-8-4-9-15-27)28-16-10-5-11-17-28/h3-21,24H,22-23H2,1-2H3. The number of aliphatic imine (C=N–C) groups is 1. The van der Waals surface area contributed by atoms with Crippen LogP contribution in [0.2, 0.25) is 0 Å². The zero-order valence-corrected chi connectivity index (χ0v) is 20.4. The quantitative estimate of drug-likeness (QED) is 0.338. The van der Waals surface area contributed by atoms with Crippen LogP contribution < -0.4 is 20.7 Å². The molecule has 3 heteroatoms. The topological polar surface area (TPSA) is 15.6 Å². The largest absolute Gasteiger partial charge is 0.285 e. The van der Waals surface area contributed by atoms with Crippen LogP contribution >= 0.6 is 0 Å². The highest BCUT2D eigenvalue weighted by molar-refractivity contribution is 7.19. The Morgan fingerprint density at radius 2 is 1.06 bits per heavy atom. The molecule has 0 spiro atoms. The third-order valence-corrected chi connectivity index (χ3v) is 11.8. The summed E-state index contributed by atoms with van der Waals surface area (Å²) in [5.74, 6) is 0. The molecule has 4 aromatic carbocycles. The van der Waals surface area contributed by atoms with Crippen molar-refractivity contribution in [1.29, 1.82) is 0 Å². The zero-order valence-electron chi connectivity index (χ0n) is 19.4. The van der Waals surface area contributed by atoms with Crippen LogP contribution in [0.4, 0.5) is 0 Å². The maximum Gasteiger partial charge on any atom is 0.179 e. The number of hydrogen-bond donors (Lipinski definition) is 0. The summed E-state index contributed by atoms with van der Waals surface area (Å²) in [6.45, 7) is 3.23. The molecular formula is C30H30N2Si. The van der Waals surface area contributed by atoms with Gasteiger partial charge in [-0.25, -0.2) is 0 Å². The van der Waals surface area contributed by atoms with Gasteiger partial charge in [-0.3, -0.25) is 9.89 Å². The normalized spacial score (nSPS) is 16.9. The minimum Gasteiger partial charge on any atom is -0.285 e. The van der Waals surface area contributed by atoms with Gasteiger partial charge >= 0.3 is 0 Å². The van der Waals surface area contributed by atoms with Gasteiger partial charge < -0.3 is 0 Å². The van der Waals surface area contributed by atoms with E-state index < -0.39 is 8.07 Å². The van der Waals surface area contributed by atoms with Crippen molar-refractivity contribution in [2.75, 3.05) is 13.6 Å². The molecule has 2 nitrogen and oxygen atoms in total. The van der Waals surface area contributed by atoms with Gasteiger partial charge in [-0.15, -0.1) is 0 Å². The molecule has 0 saturated heterocycles. The summed E-state index contributed by atoms with van der Waals surface area (Å²) in [6.07, 6.45) is 1.23. The maximum absolute atomic E-state index is 4.95. The van der Waals surface area contributed by atoms with Crippen LogP contribution in [0.5, 0.6) is 0 Å². The summed E-state index contributed by atoms with van der Waals surface area (Å²) in [5.41, 5.74) is 2.47. The Morgan fingerprint density at radius 1 is 0.636 bits per heavy atom. The lowest BCUT2D eigenvalue weighted by Crippen LogP contribution is -2.74. The highest BCUT2D eigenvalue weighted by Crippen LogP contribution is 2.15. The molecule has 1 aliphatic heterocycles. The van der Waals surface area contributed by atoms with Crippen LogP contribution in [-0.2, 0) is 0 Å². The van der Waals surface area contributed by atoms with E-state index in [4.69, 9.17) is 4.99 Å². The summed E-state index contributed by atoms with van der Waals surface area (Å²) in [6, 6.07) is 42.5. The van der Waals surface area contributed by atoms with Gasteiger partial charge in [0, 0.05) is 18.7 Å². The van der Waals surface area contributed by atoms with Crippen LogP contribution in [0.3, 0.4) is 0 Å². The van der Waals surface area contributed by atoms with Gasteiger partial charge in [0.05, 0.1) is 6.17 Å². The smallest absolute Gasteiger partial charge is 0.179 e. The molecule has 164 valence electrons. The minimum absolute atomic E-state index is 0.236. The Bertz CT molecular complexity index is 1120. The van der Waals surface area contributed by atoms with E-state index in [-0.39, 0.29) is 6.17 Å². The van der Waals surface area contributed by atoms with E-state index in [1.807, 2.05) is 0 Å². The molecular weight excluding hydrogens is 416 g/mol. The molecule has 33 heavy (non-hydrogen) atoms. The van der Waals surface area contributed by atoms with E-state index >= 15 is 0 Å². The molecule has 4 aromatic rings. The van der Waals surface area contributed by atoms with Crippen molar-refractivity contribution in [1.82, 2.24) is 4.90 Å². The molecule has 1 aliphatic rings. The lowest BCUT2D eigenvalue weighted by atomic mass is 10.1. The monoisotopic (exact) mass is 446 g/mol. The van der Waals surface area contributed by atoms with E-state index in [0.29, 0.717) is 0 Å². The van der Waals surface area contributed by atoms with Gasteiger partial charge in [0.2, 0.25) is 0 Å². The molecule has 5 rings (SSSR count). The summed E-state index contributed by atoms with van der Waals surface area (Å²) < 4.78 is 0. The van der Waals surface area contributed by atoms with Gasteiger partial charge in [-0.05, 0) is 40.3 Å².